The summed E-state index contributed by atoms with van der Waals surface area (Å²) in [5.41, 5.74) is 0.682. The van der Waals surface area contributed by atoms with Crippen molar-refractivity contribution in [1.29, 1.82) is 0 Å². The Hall–Kier alpha value is -1.07. The summed E-state index contributed by atoms with van der Waals surface area (Å²) in [7, 11) is 3.41. The summed E-state index contributed by atoms with van der Waals surface area (Å²) in [6, 6.07) is 1.79. The van der Waals surface area contributed by atoms with E-state index in [0.29, 0.717) is 17.7 Å². The quantitative estimate of drug-likeness (QED) is 0.841. The number of aliphatic hydroxyl groups excluding tert-OH is 1. The Bertz CT molecular complexity index is 372. The third kappa shape index (κ3) is 3.23. The Morgan fingerprint density at radius 2 is 2.50 bits per heavy atom. The molecule has 0 aromatic carbocycles. The fourth-order valence-electron chi connectivity index (χ4n) is 2.38. The van der Waals surface area contributed by atoms with Crippen LogP contribution in [0.4, 0.5) is 0 Å². The lowest BCUT2D eigenvalue weighted by molar-refractivity contribution is 0.0938. The van der Waals surface area contributed by atoms with Gasteiger partial charge < -0.3 is 14.6 Å². The predicted octanol–water partition coefficient (Wildman–Crippen LogP) is 1.81. The molecule has 1 aromatic heterocycles. The van der Waals surface area contributed by atoms with Gasteiger partial charge in [0.2, 0.25) is 5.88 Å². The van der Waals surface area contributed by atoms with E-state index >= 15 is 0 Å². The second kappa shape index (κ2) is 6.20. The topological polar surface area (TPSA) is 56.5 Å². The third-order valence-corrected chi connectivity index (χ3v) is 3.43. The third-order valence-electron chi connectivity index (χ3n) is 3.43. The van der Waals surface area contributed by atoms with Gasteiger partial charge in [-0.15, -0.1) is 0 Å². The van der Waals surface area contributed by atoms with Gasteiger partial charge in [0, 0.05) is 19.7 Å². The summed E-state index contributed by atoms with van der Waals surface area (Å²) in [6.45, 7) is 0.894. The molecular weight excluding hydrogens is 232 g/mol. The maximum Gasteiger partial charge on any atom is 0.211 e. The molecule has 0 amide bonds. The van der Waals surface area contributed by atoms with Gasteiger partial charge in [-0.05, 0) is 32.1 Å². The van der Waals surface area contributed by atoms with Crippen molar-refractivity contribution in [2.45, 2.75) is 44.3 Å². The van der Waals surface area contributed by atoms with E-state index in [1.54, 1.807) is 24.9 Å². The molecular formula is C13H22N2O3. The van der Waals surface area contributed by atoms with Crippen LogP contribution in [0.15, 0.2) is 6.07 Å². The van der Waals surface area contributed by atoms with Crippen molar-refractivity contribution in [3.05, 3.63) is 11.8 Å². The molecule has 1 aliphatic rings. The first-order valence-electron chi connectivity index (χ1n) is 6.58. The Morgan fingerprint density at radius 1 is 1.67 bits per heavy atom. The van der Waals surface area contributed by atoms with E-state index < -0.39 is 6.10 Å². The number of nitrogens with zero attached hydrogens (tertiary/aromatic N) is 2. The Balaban J connectivity index is 1.77. The summed E-state index contributed by atoms with van der Waals surface area (Å²) in [4.78, 5) is 0. The van der Waals surface area contributed by atoms with Crippen LogP contribution >= 0.6 is 0 Å². The number of methoxy groups -OCH3 is 1. The van der Waals surface area contributed by atoms with Gasteiger partial charge in [-0.1, -0.05) is 0 Å². The molecule has 0 radical (unpaired) electrons. The van der Waals surface area contributed by atoms with E-state index in [1.807, 2.05) is 0 Å². The minimum Gasteiger partial charge on any atom is -0.481 e. The molecule has 0 spiro atoms. The summed E-state index contributed by atoms with van der Waals surface area (Å²) >= 11 is 0. The van der Waals surface area contributed by atoms with E-state index in [0.717, 1.165) is 32.3 Å². The lowest BCUT2D eigenvalue weighted by atomic mass is 10.1. The highest BCUT2D eigenvalue weighted by Crippen LogP contribution is 2.24. The van der Waals surface area contributed by atoms with Gasteiger partial charge in [-0.3, -0.25) is 0 Å². The molecule has 0 saturated carbocycles. The van der Waals surface area contributed by atoms with E-state index in [1.165, 1.54) is 6.42 Å². The molecule has 5 heteroatoms. The SMILES string of the molecule is COc1cc(C(O)CCCC2CCCO2)nn1C. The maximum absolute atomic E-state index is 10.1. The highest BCUT2D eigenvalue weighted by atomic mass is 16.5. The number of aromatic nitrogens is 2. The molecule has 1 N–H and O–H groups in total. The van der Waals surface area contributed by atoms with Crippen molar-refractivity contribution in [2.24, 2.45) is 7.05 Å². The average Bonchev–Trinajstić information content (AvgIpc) is 2.98. The number of aryl methyl sites for hydroxylation is 1. The monoisotopic (exact) mass is 254 g/mol. The first-order valence-corrected chi connectivity index (χ1v) is 6.58. The van der Waals surface area contributed by atoms with Crippen LogP contribution in [0.25, 0.3) is 0 Å². The second-order valence-electron chi connectivity index (χ2n) is 4.82. The molecule has 1 aliphatic heterocycles. The fourth-order valence-corrected chi connectivity index (χ4v) is 2.38. The van der Waals surface area contributed by atoms with Crippen LogP contribution in [0.5, 0.6) is 5.88 Å². The van der Waals surface area contributed by atoms with Gasteiger partial charge in [0.15, 0.2) is 0 Å². The maximum atomic E-state index is 10.1. The highest BCUT2D eigenvalue weighted by molar-refractivity contribution is 5.17. The lowest BCUT2D eigenvalue weighted by Gasteiger charge is -2.11. The Kier molecular flexibility index (Phi) is 4.60. The molecule has 0 bridgehead atoms. The van der Waals surface area contributed by atoms with Crippen molar-refractivity contribution < 1.29 is 14.6 Å². The van der Waals surface area contributed by atoms with Crippen molar-refractivity contribution in [1.82, 2.24) is 9.78 Å². The summed E-state index contributed by atoms with van der Waals surface area (Å²) in [6.07, 6.45) is 4.93. The Labute approximate surface area is 108 Å². The molecule has 2 atom stereocenters. The minimum atomic E-state index is -0.512. The van der Waals surface area contributed by atoms with Crippen LogP contribution in [0.3, 0.4) is 0 Å². The second-order valence-corrected chi connectivity index (χ2v) is 4.82. The van der Waals surface area contributed by atoms with E-state index in [4.69, 9.17) is 9.47 Å². The first-order chi connectivity index (χ1) is 8.70. The normalized spacial score (nSPS) is 21.2. The number of aliphatic hydroxyl groups is 1. The van der Waals surface area contributed by atoms with Crippen LogP contribution in [-0.4, -0.2) is 34.7 Å². The molecule has 2 unspecified atom stereocenters. The van der Waals surface area contributed by atoms with Crippen LogP contribution < -0.4 is 4.74 Å². The van der Waals surface area contributed by atoms with Crippen LogP contribution in [0.2, 0.25) is 0 Å². The highest BCUT2D eigenvalue weighted by Gasteiger charge is 2.17. The van der Waals surface area contributed by atoms with Crippen molar-refractivity contribution in [3.63, 3.8) is 0 Å². The van der Waals surface area contributed by atoms with Gasteiger partial charge in [0.1, 0.15) is 0 Å². The van der Waals surface area contributed by atoms with Gasteiger partial charge in [0.05, 0.1) is 25.0 Å². The van der Waals surface area contributed by atoms with E-state index in [-0.39, 0.29) is 0 Å². The van der Waals surface area contributed by atoms with Gasteiger partial charge >= 0.3 is 0 Å². The van der Waals surface area contributed by atoms with E-state index in [2.05, 4.69) is 5.10 Å². The number of ether oxygens (including phenoxy) is 2. The Morgan fingerprint density at radius 3 is 3.11 bits per heavy atom. The van der Waals surface area contributed by atoms with Crippen LogP contribution in [0.1, 0.15) is 43.9 Å². The molecule has 0 aliphatic carbocycles. The average molecular weight is 254 g/mol. The molecule has 18 heavy (non-hydrogen) atoms. The summed E-state index contributed by atoms with van der Waals surface area (Å²) in [5.74, 6) is 0.670. The predicted molar refractivity (Wildman–Crippen MR) is 67.5 cm³/mol. The van der Waals surface area contributed by atoms with Crippen molar-refractivity contribution in [3.8, 4) is 5.88 Å². The van der Waals surface area contributed by atoms with Crippen molar-refractivity contribution in [2.75, 3.05) is 13.7 Å². The fraction of sp³-hybridized carbons (Fsp3) is 0.769. The number of rotatable bonds is 6. The zero-order chi connectivity index (χ0) is 13.0. The zero-order valence-corrected chi connectivity index (χ0v) is 11.1. The van der Waals surface area contributed by atoms with Gasteiger partial charge in [-0.2, -0.15) is 5.10 Å². The molecule has 102 valence electrons. The first kappa shape index (κ1) is 13.4. The van der Waals surface area contributed by atoms with Gasteiger partial charge in [0.25, 0.3) is 0 Å². The molecule has 1 saturated heterocycles. The minimum absolute atomic E-state index is 0.399. The standard InChI is InChI=1S/C13H22N2O3/c1-15-13(17-2)9-11(14-15)12(16)7-3-5-10-6-4-8-18-10/h9-10,12,16H,3-8H2,1-2H3. The largest absolute Gasteiger partial charge is 0.481 e. The van der Waals surface area contributed by atoms with Crippen molar-refractivity contribution >= 4 is 0 Å². The molecule has 5 nitrogen and oxygen atoms in total. The lowest BCUT2D eigenvalue weighted by Crippen LogP contribution is -2.06. The smallest absolute Gasteiger partial charge is 0.211 e. The molecule has 2 rings (SSSR count). The van der Waals surface area contributed by atoms with Gasteiger partial charge in [-0.25, -0.2) is 4.68 Å². The molecule has 2 heterocycles. The zero-order valence-electron chi connectivity index (χ0n) is 11.1. The number of hydrogen-bond donors (Lipinski definition) is 1. The van der Waals surface area contributed by atoms with Crippen LogP contribution in [0, 0.1) is 0 Å². The summed E-state index contributed by atoms with van der Waals surface area (Å²) < 4.78 is 12.3. The van der Waals surface area contributed by atoms with E-state index in [9.17, 15) is 5.11 Å². The molecule has 1 aromatic rings. The number of hydrogen-bond acceptors (Lipinski definition) is 4. The molecule has 1 fully saturated rings. The summed E-state index contributed by atoms with van der Waals surface area (Å²) in [5, 5.41) is 14.3. The van der Waals surface area contributed by atoms with Crippen LogP contribution in [-0.2, 0) is 11.8 Å².